The van der Waals surface area contributed by atoms with Crippen molar-refractivity contribution >= 4 is 22.9 Å². The topological polar surface area (TPSA) is 63.5 Å². The van der Waals surface area contributed by atoms with Crippen LogP contribution in [-0.4, -0.2) is 21.1 Å². The molecular formula is C22H21N3O2. The maximum atomic E-state index is 12.5. The van der Waals surface area contributed by atoms with Crippen LogP contribution in [0.5, 0.6) is 0 Å². The fraction of sp³-hybridized carbons (Fsp3) is 0.227. The summed E-state index contributed by atoms with van der Waals surface area (Å²) >= 11 is 0. The van der Waals surface area contributed by atoms with Crippen LogP contribution in [0, 0.1) is 6.92 Å². The van der Waals surface area contributed by atoms with Gasteiger partial charge in [0.1, 0.15) is 5.65 Å². The minimum absolute atomic E-state index is 0.0782. The van der Waals surface area contributed by atoms with Crippen LogP contribution in [0.25, 0.3) is 11.2 Å². The number of ketones is 1. The minimum Gasteiger partial charge on any atom is -0.350 e. The molecule has 1 aromatic carbocycles. The molecule has 1 N–H and O–H groups in total. The number of nitrogens with one attached hydrogen (secondary N) is 1. The first-order chi connectivity index (χ1) is 13.1. The van der Waals surface area contributed by atoms with Gasteiger partial charge in [-0.3, -0.25) is 9.59 Å². The van der Waals surface area contributed by atoms with E-state index in [1.54, 1.807) is 6.20 Å². The van der Waals surface area contributed by atoms with Crippen LogP contribution >= 0.6 is 0 Å². The van der Waals surface area contributed by atoms with E-state index in [0.717, 1.165) is 28.0 Å². The lowest BCUT2D eigenvalue weighted by Gasteiger charge is -2.08. The molecule has 3 aromatic rings. The van der Waals surface area contributed by atoms with Gasteiger partial charge in [0.15, 0.2) is 5.78 Å². The molecule has 4 rings (SSSR count). The number of nitrogens with zero attached hydrogens (tertiary/aromatic N) is 2. The second kappa shape index (κ2) is 7.19. The number of carbonyl (C=O) groups is 2. The molecule has 0 saturated carbocycles. The van der Waals surface area contributed by atoms with Crippen LogP contribution < -0.4 is 5.32 Å². The summed E-state index contributed by atoms with van der Waals surface area (Å²) in [5.74, 6) is -0.0642. The van der Waals surface area contributed by atoms with Crippen LogP contribution in [0.4, 0.5) is 0 Å². The Labute approximate surface area is 157 Å². The second-order valence-electron chi connectivity index (χ2n) is 6.83. The van der Waals surface area contributed by atoms with E-state index in [-0.39, 0.29) is 18.1 Å². The highest BCUT2D eigenvalue weighted by Crippen LogP contribution is 2.33. The van der Waals surface area contributed by atoms with E-state index in [9.17, 15) is 9.59 Å². The van der Waals surface area contributed by atoms with E-state index in [0.29, 0.717) is 25.0 Å². The lowest BCUT2D eigenvalue weighted by atomic mass is 10.00. The van der Waals surface area contributed by atoms with Gasteiger partial charge in [-0.25, -0.2) is 4.98 Å². The number of aromatic nitrogens is 2. The Morgan fingerprint density at radius 1 is 1.15 bits per heavy atom. The number of rotatable bonds is 5. The summed E-state index contributed by atoms with van der Waals surface area (Å²) in [7, 11) is 0. The van der Waals surface area contributed by atoms with Gasteiger partial charge in [0.25, 0.3) is 0 Å². The number of aryl methyl sites for hydroxylation is 1. The number of benzene rings is 1. The number of Topliss-reactive ketones (excluding diaryl/α,β-unsaturated/α-hetero) is 1. The average Bonchev–Trinajstić information content (AvgIpc) is 3.26. The zero-order chi connectivity index (χ0) is 18.8. The van der Waals surface area contributed by atoms with E-state index in [4.69, 9.17) is 0 Å². The molecule has 2 heterocycles. The third-order valence-corrected chi connectivity index (χ3v) is 5.04. The first-order valence-electron chi connectivity index (χ1n) is 9.12. The molecule has 0 unspecified atom stereocenters. The molecular weight excluding hydrogens is 338 g/mol. The molecule has 27 heavy (non-hydrogen) atoms. The molecule has 0 atom stereocenters. The SMILES string of the molecule is Cc1cccn2c(CNC(=O)CC3=C(c4ccccc4)CCC3=O)cnc12. The van der Waals surface area contributed by atoms with E-state index >= 15 is 0 Å². The van der Waals surface area contributed by atoms with Gasteiger partial charge in [-0.15, -0.1) is 0 Å². The van der Waals surface area contributed by atoms with E-state index < -0.39 is 0 Å². The van der Waals surface area contributed by atoms with E-state index in [1.807, 2.05) is 60.0 Å². The lowest BCUT2D eigenvalue weighted by Crippen LogP contribution is -2.24. The van der Waals surface area contributed by atoms with Gasteiger partial charge < -0.3 is 9.72 Å². The summed E-state index contributed by atoms with van der Waals surface area (Å²) in [6, 6.07) is 13.8. The number of amides is 1. The largest absolute Gasteiger partial charge is 0.350 e. The third-order valence-electron chi connectivity index (χ3n) is 5.04. The zero-order valence-electron chi connectivity index (χ0n) is 15.2. The summed E-state index contributed by atoms with van der Waals surface area (Å²) in [4.78, 5) is 29.2. The zero-order valence-corrected chi connectivity index (χ0v) is 15.2. The molecule has 5 nitrogen and oxygen atoms in total. The van der Waals surface area contributed by atoms with E-state index in [2.05, 4.69) is 10.3 Å². The predicted octanol–water partition coefficient (Wildman–Crippen LogP) is 3.47. The molecule has 0 fully saturated rings. The van der Waals surface area contributed by atoms with Gasteiger partial charge in [-0.1, -0.05) is 36.4 Å². The molecule has 136 valence electrons. The molecule has 0 bridgehead atoms. The summed E-state index contributed by atoms with van der Waals surface area (Å²) in [6.45, 7) is 2.39. The van der Waals surface area contributed by atoms with Crippen LogP contribution in [0.3, 0.4) is 0 Å². The van der Waals surface area contributed by atoms with Gasteiger partial charge in [-0.05, 0) is 36.1 Å². The van der Waals surface area contributed by atoms with Crippen molar-refractivity contribution in [1.29, 1.82) is 0 Å². The Kier molecular flexibility index (Phi) is 4.59. The fourth-order valence-corrected chi connectivity index (χ4v) is 3.62. The molecule has 2 aromatic heterocycles. The molecule has 1 aliphatic carbocycles. The third kappa shape index (κ3) is 3.40. The van der Waals surface area contributed by atoms with Gasteiger partial charge in [0.2, 0.25) is 5.91 Å². The number of imidazole rings is 1. The highest BCUT2D eigenvalue weighted by molar-refractivity contribution is 6.10. The van der Waals surface area contributed by atoms with Crippen molar-refractivity contribution in [2.24, 2.45) is 0 Å². The predicted molar refractivity (Wildman–Crippen MR) is 104 cm³/mol. The highest BCUT2D eigenvalue weighted by atomic mass is 16.2. The van der Waals surface area contributed by atoms with Crippen molar-refractivity contribution in [2.45, 2.75) is 32.7 Å². The fourth-order valence-electron chi connectivity index (χ4n) is 3.62. The molecule has 0 radical (unpaired) electrons. The van der Waals surface area contributed by atoms with Gasteiger partial charge in [0.05, 0.1) is 24.9 Å². The van der Waals surface area contributed by atoms with Crippen molar-refractivity contribution < 1.29 is 9.59 Å². The first-order valence-corrected chi connectivity index (χ1v) is 9.12. The van der Waals surface area contributed by atoms with E-state index in [1.165, 1.54) is 0 Å². The average molecular weight is 359 g/mol. The van der Waals surface area contributed by atoms with Crippen LogP contribution in [0.2, 0.25) is 0 Å². The van der Waals surface area contributed by atoms with Gasteiger partial charge >= 0.3 is 0 Å². The summed E-state index contributed by atoms with van der Waals surface area (Å²) in [5, 5.41) is 2.93. The Bertz CT molecular complexity index is 1050. The number of hydrogen-bond acceptors (Lipinski definition) is 3. The number of pyridine rings is 1. The highest BCUT2D eigenvalue weighted by Gasteiger charge is 2.25. The Morgan fingerprint density at radius 3 is 2.78 bits per heavy atom. The van der Waals surface area contributed by atoms with Gasteiger partial charge in [-0.2, -0.15) is 0 Å². The number of hydrogen-bond donors (Lipinski definition) is 1. The van der Waals surface area contributed by atoms with Gasteiger partial charge in [0, 0.05) is 18.2 Å². The molecule has 0 aliphatic heterocycles. The smallest absolute Gasteiger partial charge is 0.224 e. The second-order valence-corrected chi connectivity index (χ2v) is 6.83. The Hall–Kier alpha value is -3.21. The minimum atomic E-state index is -0.142. The monoisotopic (exact) mass is 359 g/mol. The van der Waals surface area contributed by atoms with Crippen molar-refractivity contribution in [3.63, 3.8) is 0 Å². The number of allylic oxidation sites excluding steroid dienone is 1. The molecule has 1 amide bonds. The number of carbonyl (C=O) groups excluding carboxylic acids is 2. The maximum absolute atomic E-state index is 12.5. The summed E-state index contributed by atoms with van der Waals surface area (Å²) < 4.78 is 1.98. The van der Waals surface area contributed by atoms with Crippen molar-refractivity contribution in [2.75, 3.05) is 0 Å². The summed E-state index contributed by atoms with van der Waals surface area (Å²) in [6.07, 6.45) is 5.03. The quantitative estimate of drug-likeness (QED) is 0.759. The molecule has 1 aliphatic rings. The van der Waals surface area contributed by atoms with Crippen molar-refractivity contribution in [1.82, 2.24) is 14.7 Å². The first kappa shape index (κ1) is 17.2. The lowest BCUT2D eigenvalue weighted by molar-refractivity contribution is -0.122. The maximum Gasteiger partial charge on any atom is 0.224 e. The van der Waals surface area contributed by atoms with Crippen molar-refractivity contribution in [3.8, 4) is 0 Å². The number of fused-ring (bicyclic) bond motifs is 1. The Balaban J connectivity index is 1.48. The molecule has 0 saturated heterocycles. The van der Waals surface area contributed by atoms with Crippen LogP contribution in [-0.2, 0) is 16.1 Å². The van der Waals surface area contributed by atoms with Crippen molar-refractivity contribution in [3.05, 3.63) is 77.3 Å². The van der Waals surface area contributed by atoms with Crippen LogP contribution in [0.15, 0.2) is 60.4 Å². The molecule has 5 heteroatoms. The Morgan fingerprint density at radius 2 is 1.96 bits per heavy atom. The molecule has 0 spiro atoms. The summed E-state index contributed by atoms with van der Waals surface area (Å²) in [5.41, 5.74) is 5.57. The van der Waals surface area contributed by atoms with Crippen LogP contribution in [0.1, 0.15) is 36.1 Å². The standard InChI is InChI=1S/C22H21N3O2/c1-15-6-5-11-25-17(14-24-22(15)25)13-23-21(27)12-19-18(9-10-20(19)26)16-7-3-2-4-8-16/h2-8,11,14H,9-10,12-13H2,1H3,(H,23,27). The normalized spacial score (nSPS) is 14.2.